The van der Waals surface area contributed by atoms with Crippen molar-refractivity contribution in [1.82, 2.24) is 10.2 Å². The van der Waals surface area contributed by atoms with Crippen LogP contribution in [0.25, 0.3) is 0 Å². The van der Waals surface area contributed by atoms with Crippen LogP contribution < -0.4 is 9.62 Å². The number of sulfonamides is 1. The summed E-state index contributed by atoms with van der Waals surface area (Å²) in [6, 6.07) is 19.7. The topological polar surface area (TPSA) is 86.8 Å². The molecule has 1 fully saturated rings. The first-order chi connectivity index (χ1) is 19.5. The van der Waals surface area contributed by atoms with Crippen LogP contribution in [-0.2, 0) is 32.6 Å². The van der Waals surface area contributed by atoms with Crippen LogP contribution in [0.3, 0.4) is 0 Å². The quantitative estimate of drug-likeness (QED) is 0.275. The molecule has 0 radical (unpaired) electrons. The van der Waals surface area contributed by atoms with Crippen LogP contribution in [0.2, 0.25) is 15.1 Å². The molecule has 7 nitrogen and oxygen atoms in total. The lowest BCUT2D eigenvalue weighted by Crippen LogP contribution is -2.54. The van der Waals surface area contributed by atoms with E-state index in [2.05, 4.69) is 5.32 Å². The molecule has 41 heavy (non-hydrogen) atoms. The molecule has 1 unspecified atom stereocenters. The summed E-state index contributed by atoms with van der Waals surface area (Å²) in [4.78, 5) is 29.4. The second-order valence-corrected chi connectivity index (χ2v) is 13.4. The minimum absolute atomic E-state index is 0.0239. The summed E-state index contributed by atoms with van der Waals surface area (Å²) in [6.07, 6.45) is 5.05. The van der Waals surface area contributed by atoms with E-state index in [1.807, 2.05) is 30.3 Å². The summed E-state index contributed by atoms with van der Waals surface area (Å²) in [7, 11) is -3.89. The highest BCUT2D eigenvalue weighted by atomic mass is 35.5. The molecule has 1 saturated carbocycles. The lowest BCUT2D eigenvalue weighted by atomic mass is 10.0. The van der Waals surface area contributed by atoms with Gasteiger partial charge in [-0.1, -0.05) is 90.1 Å². The number of hydrogen-bond acceptors (Lipinski definition) is 4. The number of anilines is 1. The molecule has 4 rings (SSSR count). The Balaban J connectivity index is 1.74. The summed E-state index contributed by atoms with van der Waals surface area (Å²) in [5.41, 5.74) is 1.67. The largest absolute Gasteiger partial charge is 0.352 e. The maximum absolute atomic E-state index is 14.2. The summed E-state index contributed by atoms with van der Waals surface area (Å²) >= 11 is 18.8. The Morgan fingerprint density at radius 2 is 1.61 bits per heavy atom. The molecule has 3 aromatic rings. The first kappa shape index (κ1) is 31.2. The van der Waals surface area contributed by atoms with Crippen LogP contribution in [0.4, 0.5) is 5.69 Å². The van der Waals surface area contributed by atoms with Gasteiger partial charge in [0.15, 0.2) is 0 Å². The Hall–Kier alpha value is -2.78. The van der Waals surface area contributed by atoms with Gasteiger partial charge in [0, 0.05) is 34.1 Å². The van der Waals surface area contributed by atoms with E-state index in [-0.39, 0.29) is 30.6 Å². The second kappa shape index (κ2) is 13.9. The van der Waals surface area contributed by atoms with Crippen molar-refractivity contribution in [2.75, 3.05) is 17.1 Å². The van der Waals surface area contributed by atoms with Gasteiger partial charge in [-0.2, -0.15) is 0 Å². The molecule has 1 N–H and O–H groups in total. The minimum Gasteiger partial charge on any atom is -0.352 e. The number of amides is 2. The van der Waals surface area contributed by atoms with Crippen molar-refractivity contribution in [2.45, 2.75) is 50.7 Å². The first-order valence-corrected chi connectivity index (χ1v) is 16.3. The normalized spacial score (nSPS) is 14.4. The van der Waals surface area contributed by atoms with Gasteiger partial charge >= 0.3 is 0 Å². The summed E-state index contributed by atoms with van der Waals surface area (Å²) in [5.74, 6) is -0.864. The van der Waals surface area contributed by atoms with Crippen LogP contribution >= 0.6 is 34.8 Å². The second-order valence-electron chi connectivity index (χ2n) is 10.2. The third-order valence-electron chi connectivity index (χ3n) is 7.10. The van der Waals surface area contributed by atoms with Crippen LogP contribution in [0, 0.1) is 0 Å². The highest BCUT2D eigenvalue weighted by Crippen LogP contribution is 2.27. The van der Waals surface area contributed by atoms with E-state index < -0.39 is 28.5 Å². The van der Waals surface area contributed by atoms with E-state index >= 15 is 0 Å². The van der Waals surface area contributed by atoms with Gasteiger partial charge in [0.05, 0.1) is 11.9 Å². The molecule has 3 aromatic carbocycles. The van der Waals surface area contributed by atoms with Gasteiger partial charge in [0.1, 0.15) is 12.6 Å². The molecule has 0 aliphatic heterocycles. The highest BCUT2D eigenvalue weighted by Gasteiger charge is 2.34. The minimum atomic E-state index is -3.89. The van der Waals surface area contributed by atoms with Gasteiger partial charge in [-0.15, -0.1) is 0 Å². The molecule has 1 aliphatic carbocycles. The molecule has 11 heteroatoms. The van der Waals surface area contributed by atoms with Crippen LogP contribution in [0.1, 0.15) is 36.8 Å². The fourth-order valence-corrected chi connectivity index (χ4v) is 6.49. The molecule has 0 aromatic heterocycles. The number of carbonyl (C=O) groups is 2. The van der Waals surface area contributed by atoms with Crippen molar-refractivity contribution >= 4 is 62.3 Å². The van der Waals surface area contributed by atoms with E-state index in [9.17, 15) is 18.0 Å². The summed E-state index contributed by atoms with van der Waals surface area (Å²) < 4.78 is 26.7. The number of nitrogens with one attached hydrogen (secondary N) is 1. The fraction of sp³-hybridized carbons (Fsp3) is 0.333. The SMILES string of the molecule is CS(=O)(=O)N(CC(=O)N(Cc1ccc(Cl)cc1Cl)C(Cc1ccccc1)C(=O)NC1CCCC1)c1cccc(Cl)c1. The first-order valence-electron chi connectivity index (χ1n) is 13.3. The molecule has 218 valence electrons. The zero-order valence-corrected chi connectivity index (χ0v) is 25.7. The number of halogens is 3. The van der Waals surface area contributed by atoms with Crippen LogP contribution in [0.5, 0.6) is 0 Å². The summed E-state index contributed by atoms with van der Waals surface area (Å²) in [6.45, 7) is -0.566. The van der Waals surface area contributed by atoms with E-state index in [0.29, 0.717) is 20.6 Å². The molecule has 0 saturated heterocycles. The molecule has 0 spiro atoms. The van der Waals surface area contributed by atoms with Gasteiger partial charge in [-0.05, 0) is 54.3 Å². The van der Waals surface area contributed by atoms with Crippen LogP contribution in [-0.4, -0.2) is 50.0 Å². The number of benzene rings is 3. The van der Waals surface area contributed by atoms with E-state index in [1.165, 1.54) is 11.0 Å². The van der Waals surface area contributed by atoms with Crippen molar-refractivity contribution in [1.29, 1.82) is 0 Å². The Bertz CT molecular complexity index is 1480. The third kappa shape index (κ3) is 8.61. The molecule has 0 bridgehead atoms. The monoisotopic (exact) mass is 635 g/mol. The molecule has 1 aliphatic rings. The number of nitrogens with zero attached hydrogens (tertiary/aromatic N) is 2. The fourth-order valence-electron chi connectivity index (χ4n) is 5.00. The molecule has 2 amide bonds. The van der Waals surface area contributed by atoms with E-state index in [1.54, 1.807) is 36.4 Å². The van der Waals surface area contributed by atoms with Crippen molar-refractivity contribution in [3.63, 3.8) is 0 Å². The zero-order chi connectivity index (χ0) is 29.6. The van der Waals surface area contributed by atoms with E-state index in [0.717, 1.165) is 41.8 Å². The van der Waals surface area contributed by atoms with Gasteiger partial charge in [-0.3, -0.25) is 13.9 Å². The maximum Gasteiger partial charge on any atom is 0.244 e. The Morgan fingerprint density at radius 1 is 0.927 bits per heavy atom. The predicted octanol–water partition coefficient (Wildman–Crippen LogP) is 6.11. The zero-order valence-electron chi connectivity index (χ0n) is 22.6. The number of rotatable bonds is 11. The Morgan fingerprint density at radius 3 is 2.24 bits per heavy atom. The molecule has 1 atom stereocenters. The van der Waals surface area contributed by atoms with Gasteiger partial charge in [0.25, 0.3) is 0 Å². The van der Waals surface area contributed by atoms with Gasteiger partial charge in [0.2, 0.25) is 21.8 Å². The molecular formula is C30H32Cl3N3O4S. The Kier molecular flexibility index (Phi) is 10.6. The van der Waals surface area contributed by atoms with Gasteiger partial charge < -0.3 is 10.2 Å². The van der Waals surface area contributed by atoms with E-state index in [4.69, 9.17) is 34.8 Å². The maximum atomic E-state index is 14.2. The molecular weight excluding hydrogens is 605 g/mol. The Labute approximate surface area is 256 Å². The standard InChI is InChI=1S/C30H32Cl3N3O4S/c1-41(39,40)36(26-13-7-10-23(31)17-26)20-29(37)35(19-22-14-15-24(32)18-27(22)33)28(16-21-8-3-2-4-9-21)30(38)34-25-11-5-6-12-25/h2-4,7-10,13-15,17-18,25,28H,5-6,11-12,16,19-20H2,1H3,(H,34,38). The number of carbonyl (C=O) groups excluding carboxylic acids is 2. The van der Waals surface area contributed by atoms with Crippen molar-refractivity contribution < 1.29 is 18.0 Å². The smallest absolute Gasteiger partial charge is 0.244 e. The van der Waals surface area contributed by atoms with Crippen molar-refractivity contribution in [3.8, 4) is 0 Å². The van der Waals surface area contributed by atoms with Crippen molar-refractivity contribution in [2.24, 2.45) is 0 Å². The third-order valence-corrected chi connectivity index (χ3v) is 9.07. The average molecular weight is 637 g/mol. The average Bonchev–Trinajstić information content (AvgIpc) is 3.43. The van der Waals surface area contributed by atoms with Crippen LogP contribution in [0.15, 0.2) is 72.8 Å². The highest BCUT2D eigenvalue weighted by molar-refractivity contribution is 7.92. The summed E-state index contributed by atoms with van der Waals surface area (Å²) in [5, 5.41) is 4.22. The number of hydrogen-bond donors (Lipinski definition) is 1. The van der Waals surface area contributed by atoms with Gasteiger partial charge in [-0.25, -0.2) is 8.42 Å². The molecule has 0 heterocycles. The lowest BCUT2D eigenvalue weighted by Gasteiger charge is -2.34. The lowest BCUT2D eigenvalue weighted by molar-refractivity contribution is -0.140. The van der Waals surface area contributed by atoms with Crippen molar-refractivity contribution in [3.05, 3.63) is 99.0 Å². The predicted molar refractivity (Wildman–Crippen MR) is 165 cm³/mol.